The maximum Gasteiger partial charge on any atom is 0.408 e. The predicted molar refractivity (Wildman–Crippen MR) is 147 cm³/mol. The third-order valence-electron chi connectivity index (χ3n) is 5.14. The first-order valence-electron chi connectivity index (χ1n) is 12.4. The molecular formula is C26H35N7O7. The van der Waals surface area contributed by atoms with E-state index in [1.807, 2.05) is 43.3 Å². The number of ether oxygens (including phenoxy) is 1. The highest BCUT2D eigenvalue weighted by molar-refractivity contribution is 6.35. The van der Waals surface area contributed by atoms with Gasteiger partial charge in [-0.25, -0.2) is 9.79 Å². The molecule has 1 aromatic rings. The average Bonchev–Trinajstić information content (AvgIpc) is 3.18. The Bertz CT molecular complexity index is 1180. The highest BCUT2D eigenvalue weighted by Crippen LogP contribution is 2.19. The normalized spacial score (nSPS) is 13.8. The number of anilines is 1. The van der Waals surface area contributed by atoms with Crippen LogP contribution in [0.2, 0.25) is 0 Å². The van der Waals surface area contributed by atoms with Gasteiger partial charge in [0.2, 0.25) is 17.7 Å². The standard InChI is InChI=1S/C26H35N7O7/c1-26(2,3)40-25(39)30-15-23(37)29-14-22(36)28-13-21(35)27-10-11-33-20(16-34)31-19(24(33)38)12-17-6-8-18(9-7-17)32(4)5/h6-9,12,16H,10-11,13-15H2,1-5H3,(H,27,35)(H,28,36)(H,29,37)(H,30,39)/b19-12-. The second kappa shape index (κ2) is 14.4. The lowest BCUT2D eigenvalue weighted by molar-refractivity contribution is -0.127. The van der Waals surface area contributed by atoms with Gasteiger partial charge in [-0.05, 0) is 44.5 Å². The summed E-state index contributed by atoms with van der Waals surface area (Å²) < 4.78 is 5.00. The van der Waals surface area contributed by atoms with Crippen LogP contribution in [0.1, 0.15) is 26.3 Å². The van der Waals surface area contributed by atoms with Crippen LogP contribution in [0.4, 0.5) is 10.5 Å². The highest BCUT2D eigenvalue weighted by Gasteiger charge is 2.29. The van der Waals surface area contributed by atoms with E-state index in [9.17, 15) is 28.8 Å². The number of hydrogen-bond acceptors (Lipinski definition) is 9. The van der Waals surface area contributed by atoms with Crippen molar-refractivity contribution in [1.29, 1.82) is 0 Å². The first-order chi connectivity index (χ1) is 18.8. The fourth-order valence-corrected chi connectivity index (χ4v) is 3.22. The molecular weight excluding hydrogens is 522 g/mol. The van der Waals surface area contributed by atoms with Crippen molar-refractivity contribution in [3.05, 3.63) is 35.5 Å². The number of hydrogen-bond donors (Lipinski definition) is 4. The Kier molecular flexibility index (Phi) is 11.3. The smallest absolute Gasteiger partial charge is 0.408 e. The molecule has 14 heteroatoms. The van der Waals surface area contributed by atoms with Gasteiger partial charge < -0.3 is 30.9 Å². The van der Waals surface area contributed by atoms with Crippen molar-refractivity contribution in [2.75, 3.05) is 51.7 Å². The quantitative estimate of drug-likeness (QED) is 0.194. The van der Waals surface area contributed by atoms with Gasteiger partial charge in [-0.15, -0.1) is 0 Å². The van der Waals surface area contributed by atoms with Gasteiger partial charge in [0.1, 0.15) is 17.8 Å². The summed E-state index contributed by atoms with van der Waals surface area (Å²) >= 11 is 0. The van der Waals surface area contributed by atoms with Crippen LogP contribution in [0.15, 0.2) is 35.0 Å². The van der Waals surface area contributed by atoms with Crippen molar-refractivity contribution in [3.8, 4) is 0 Å². The zero-order valence-electron chi connectivity index (χ0n) is 23.2. The Morgan fingerprint density at radius 2 is 1.48 bits per heavy atom. The monoisotopic (exact) mass is 557 g/mol. The minimum atomic E-state index is -0.770. The summed E-state index contributed by atoms with van der Waals surface area (Å²) in [6, 6.07) is 7.44. The number of amides is 5. The maximum atomic E-state index is 12.8. The minimum Gasteiger partial charge on any atom is -0.444 e. The molecule has 0 bridgehead atoms. The Balaban J connectivity index is 1.72. The molecule has 0 atom stereocenters. The fourth-order valence-electron chi connectivity index (χ4n) is 3.22. The molecule has 1 aliphatic rings. The van der Waals surface area contributed by atoms with Gasteiger partial charge in [0.15, 0.2) is 12.1 Å². The Labute approximate surface area is 232 Å². The van der Waals surface area contributed by atoms with Crippen molar-refractivity contribution in [1.82, 2.24) is 26.2 Å². The summed E-state index contributed by atoms with van der Waals surface area (Å²) in [7, 11) is 3.82. The van der Waals surface area contributed by atoms with Crippen molar-refractivity contribution in [2.45, 2.75) is 26.4 Å². The third-order valence-corrected chi connectivity index (χ3v) is 5.14. The molecule has 5 amide bonds. The van der Waals surface area contributed by atoms with Gasteiger partial charge in [-0.1, -0.05) is 12.1 Å². The van der Waals surface area contributed by atoms with E-state index in [0.29, 0.717) is 6.29 Å². The zero-order chi connectivity index (χ0) is 29.9. The molecule has 1 aliphatic heterocycles. The van der Waals surface area contributed by atoms with Crippen LogP contribution in [0.3, 0.4) is 0 Å². The van der Waals surface area contributed by atoms with Crippen LogP contribution in [0.25, 0.3) is 6.08 Å². The topological polar surface area (TPSA) is 179 Å². The molecule has 0 saturated carbocycles. The zero-order valence-corrected chi connectivity index (χ0v) is 23.2. The Hall–Kier alpha value is -4.75. The molecule has 40 heavy (non-hydrogen) atoms. The SMILES string of the molecule is CN(C)c1ccc(/C=C2\N=C(C=O)N(CCNC(=O)CNC(=O)CNC(=O)CNC(=O)OC(C)(C)C)C2=O)cc1. The number of carbonyl (C=O) groups is 6. The van der Waals surface area contributed by atoms with Crippen molar-refractivity contribution >= 4 is 53.6 Å². The van der Waals surface area contributed by atoms with Gasteiger partial charge in [-0.2, -0.15) is 0 Å². The lowest BCUT2D eigenvalue weighted by Gasteiger charge is -2.19. The van der Waals surface area contributed by atoms with Crippen LogP contribution in [-0.4, -0.2) is 99.2 Å². The van der Waals surface area contributed by atoms with Gasteiger partial charge in [0.25, 0.3) is 5.91 Å². The number of aliphatic imine (C=N–C) groups is 1. The van der Waals surface area contributed by atoms with E-state index in [1.165, 1.54) is 0 Å². The minimum absolute atomic E-state index is 0.00515. The number of amidine groups is 1. The van der Waals surface area contributed by atoms with E-state index in [0.717, 1.165) is 16.2 Å². The molecule has 0 aromatic heterocycles. The number of carbonyl (C=O) groups excluding carboxylic acids is 6. The summed E-state index contributed by atoms with van der Waals surface area (Å²) in [5, 5.41) is 9.43. The van der Waals surface area contributed by atoms with E-state index in [4.69, 9.17) is 4.74 Å². The number of nitrogens with one attached hydrogen (secondary N) is 4. The third kappa shape index (κ3) is 10.6. The van der Waals surface area contributed by atoms with Gasteiger partial charge in [-0.3, -0.25) is 28.9 Å². The summed E-state index contributed by atoms with van der Waals surface area (Å²) in [6.07, 6.45) is 1.27. The first-order valence-corrected chi connectivity index (χ1v) is 12.4. The van der Waals surface area contributed by atoms with Gasteiger partial charge in [0, 0.05) is 32.9 Å². The number of benzene rings is 1. The van der Waals surface area contributed by atoms with Gasteiger partial charge >= 0.3 is 6.09 Å². The summed E-state index contributed by atoms with van der Waals surface area (Å²) in [4.78, 5) is 78.6. The van der Waals surface area contributed by atoms with E-state index in [1.54, 1.807) is 26.8 Å². The molecule has 0 saturated heterocycles. The number of nitrogens with zero attached hydrogens (tertiary/aromatic N) is 3. The second-order valence-electron chi connectivity index (χ2n) is 9.82. The van der Waals surface area contributed by atoms with Crippen LogP contribution >= 0.6 is 0 Å². The molecule has 4 N–H and O–H groups in total. The molecule has 0 aliphatic carbocycles. The van der Waals surface area contributed by atoms with Crippen LogP contribution in [0.5, 0.6) is 0 Å². The van der Waals surface area contributed by atoms with Crippen molar-refractivity contribution in [2.24, 2.45) is 4.99 Å². The van der Waals surface area contributed by atoms with E-state index >= 15 is 0 Å². The molecule has 0 radical (unpaired) electrons. The molecule has 2 rings (SSSR count). The lowest BCUT2D eigenvalue weighted by Crippen LogP contribution is -2.46. The number of aldehydes is 1. The molecule has 0 unspecified atom stereocenters. The average molecular weight is 558 g/mol. The second-order valence-corrected chi connectivity index (χ2v) is 9.82. The molecule has 14 nitrogen and oxygen atoms in total. The van der Waals surface area contributed by atoms with Crippen LogP contribution < -0.4 is 26.2 Å². The summed E-state index contributed by atoms with van der Waals surface area (Å²) in [6.45, 7) is 3.87. The largest absolute Gasteiger partial charge is 0.444 e. The maximum absolute atomic E-state index is 12.8. The van der Waals surface area contributed by atoms with Crippen LogP contribution in [0, 0.1) is 0 Å². The van der Waals surface area contributed by atoms with Crippen LogP contribution in [-0.2, 0) is 28.7 Å². The van der Waals surface area contributed by atoms with Crippen molar-refractivity contribution in [3.63, 3.8) is 0 Å². The molecule has 216 valence electrons. The first kappa shape index (κ1) is 31.5. The molecule has 1 aromatic carbocycles. The fraction of sp³-hybridized carbons (Fsp3) is 0.423. The Morgan fingerprint density at radius 3 is 2.00 bits per heavy atom. The van der Waals surface area contributed by atoms with E-state index in [2.05, 4.69) is 26.3 Å². The summed E-state index contributed by atoms with van der Waals surface area (Å²) in [5.74, 6) is -2.33. The number of rotatable bonds is 12. The van der Waals surface area contributed by atoms with E-state index in [-0.39, 0.29) is 37.7 Å². The Morgan fingerprint density at radius 1 is 0.925 bits per heavy atom. The number of alkyl carbamates (subject to hydrolysis) is 1. The molecule has 1 heterocycles. The highest BCUT2D eigenvalue weighted by atomic mass is 16.6. The predicted octanol–water partition coefficient (Wildman–Crippen LogP) is -0.594. The lowest BCUT2D eigenvalue weighted by atomic mass is 10.1. The van der Waals surface area contributed by atoms with Gasteiger partial charge in [0.05, 0.1) is 13.1 Å². The molecule has 0 fully saturated rings. The van der Waals surface area contributed by atoms with Crippen molar-refractivity contribution < 1.29 is 33.5 Å². The van der Waals surface area contributed by atoms with E-state index < -0.39 is 41.9 Å². The summed E-state index contributed by atoms with van der Waals surface area (Å²) in [5.41, 5.74) is 1.11. The molecule has 0 spiro atoms.